The van der Waals surface area contributed by atoms with E-state index in [-0.39, 0.29) is 29.1 Å². The number of aliphatic hydroxyl groups is 1. The van der Waals surface area contributed by atoms with Crippen molar-refractivity contribution in [2.24, 2.45) is 23.2 Å². The Balaban J connectivity index is 3.31. The molecule has 0 radical (unpaired) electrons. The SMILES string of the molecule is C=CC[C@H](OC(=O)C[C@H](O[Si](C)(C)C(C)(C)C)C(C)(C)C(=O)[C@H](C)[C@@H](O)[C@@H](C)[C@H](C)CCC(=C)C)/C(C)=C/c1csc(C)n1. The quantitative estimate of drug-likeness (QED) is 0.0971. The summed E-state index contributed by atoms with van der Waals surface area (Å²) in [5.74, 6) is -1.03. The van der Waals surface area contributed by atoms with Gasteiger partial charge in [-0.1, -0.05) is 67.0 Å². The van der Waals surface area contributed by atoms with Crippen molar-refractivity contribution in [3.63, 3.8) is 0 Å². The minimum Gasteiger partial charge on any atom is -0.457 e. The number of aromatic nitrogens is 1. The number of carbonyl (C=O) groups excluding carboxylic acids is 2. The van der Waals surface area contributed by atoms with Crippen LogP contribution in [0.15, 0.2) is 35.8 Å². The van der Waals surface area contributed by atoms with Gasteiger partial charge in [-0.25, -0.2) is 4.98 Å². The second kappa shape index (κ2) is 16.6. The number of ether oxygens (including phenoxy) is 1. The molecule has 6 atom stereocenters. The van der Waals surface area contributed by atoms with E-state index in [9.17, 15) is 14.7 Å². The molecule has 1 N–H and O–H groups in total. The van der Waals surface area contributed by atoms with E-state index in [1.54, 1.807) is 24.3 Å². The lowest BCUT2D eigenvalue weighted by molar-refractivity contribution is -0.153. The highest BCUT2D eigenvalue weighted by Crippen LogP contribution is 2.42. The molecule has 0 aliphatic heterocycles. The van der Waals surface area contributed by atoms with Gasteiger partial charge in [-0.15, -0.1) is 24.5 Å². The lowest BCUT2D eigenvalue weighted by atomic mass is 9.71. The van der Waals surface area contributed by atoms with E-state index in [0.717, 1.165) is 34.7 Å². The minimum absolute atomic E-state index is 0.0740. The highest BCUT2D eigenvalue weighted by Gasteiger charge is 2.48. The van der Waals surface area contributed by atoms with E-state index in [2.05, 4.69) is 58.9 Å². The van der Waals surface area contributed by atoms with Crippen LogP contribution >= 0.6 is 11.3 Å². The van der Waals surface area contributed by atoms with Crippen molar-refractivity contribution in [3.05, 3.63) is 46.5 Å². The van der Waals surface area contributed by atoms with Gasteiger partial charge in [0.2, 0.25) is 0 Å². The van der Waals surface area contributed by atoms with Crippen LogP contribution in [-0.4, -0.2) is 48.5 Å². The van der Waals surface area contributed by atoms with Crippen LogP contribution in [0.1, 0.15) is 106 Å². The minimum atomic E-state index is -2.40. The Hall–Kier alpha value is -1.87. The zero-order chi connectivity index (χ0) is 34.2. The number of allylic oxidation sites excluding steroid dienone is 1. The van der Waals surface area contributed by atoms with Crippen molar-refractivity contribution in [1.82, 2.24) is 4.98 Å². The third-order valence-corrected chi connectivity index (χ3v) is 14.9. The third kappa shape index (κ3) is 11.5. The zero-order valence-corrected chi connectivity index (χ0v) is 31.7. The van der Waals surface area contributed by atoms with Gasteiger partial charge in [-0.2, -0.15) is 0 Å². The van der Waals surface area contributed by atoms with Crippen LogP contribution in [-0.2, 0) is 18.8 Å². The molecule has 0 fully saturated rings. The number of aliphatic hydroxyl groups excluding tert-OH is 1. The maximum absolute atomic E-state index is 14.2. The Morgan fingerprint density at radius 2 is 1.73 bits per heavy atom. The molecule has 8 heteroatoms. The molecule has 6 nitrogen and oxygen atoms in total. The Bertz CT molecular complexity index is 1160. The van der Waals surface area contributed by atoms with Gasteiger partial charge in [-0.3, -0.25) is 9.59 Å². The number of rotatable bonds is 18. The third-order valence-electron chi connectivity index (χ3n) is 9.60. The highest BCUT2D eigenvalue weighted by molar-refractivity contribution is 7.09. The molecule has 1 aromatic heterocycles. The highest BCUT2D eigenvalue weighted by atomic mass is 32.1. The second-order valence-electron chi connectivity index (χ2n) is 15.0. The number of thiazole rings is 1. The number of carbonyl (C=O) groups is 2. The molecule has 0 aliphatic rings. The molecule has 250 valence electrons. The lowest BCUT2D eigenvalue weighted by Gasteiger charge is -2.44. The van der Waals surface area contributed by atoms with Crippen molar-refractivity contribution >= 4 is 37.5 Å². The molecule has 0 amide bonds. The maximum atomic E-state index is 14.2. The summed E-state index contributed by atoms with van der Waals surface area (Å²) in [7, 11) is -2.40. The number of nitrogens with zero attached hydrogens (tertiary/aromatic N) is 1. The smallest absolute Gasteiger partial charge is 0.309 e. The van der Waals surface area contributed by atoms with E-state index >= 15 is 0 Å². The predicted molar refractivity (Wildman–Crippen MR) is 188 cm³/mol. The Morgan fingerprint density at radius 3 is 2.20 bits per heavy atom. The van der Waals surface area contributed by atoms with E-state index in [1.807, 2.05) is 53.0 Å². The summed E-state index contributed by atoms with van der Waals surface area (Å²) in [5, 5.41) is 14.2. The van der Waals surface area contributed by atoms with Crippen LogP contribution < -0.4 is 0 Å². The molecule has 0 spiro atoms. The average Bonchev–Trinajstić information content (AvgIpc) is 3.32. The summed E-state index contributed by atoms with van der Waals surface area (Å²) >= 11 is 1.57. The van der Waals surface area contributed by atoms with Gasteiger partial charge in [0, 0.05) is 23.1 Å². The van der Waals surface area contributed by atoms with Gasteiger partial charge < -0.3 is 14.3 Å². The van der Waals surface area contributed by atoms with Crippen molar-refractivity contribution in [2.75, 3.05) is 0 Å². The van der Waals surface area contributed by atoms with Crippen molar-refractivity contribution in [1.29, 1.82) is 0 Å². The van der Waals surface area contributed by atoms with Crippen LogP contribution in [0.2, 0.25) is 18.1 Å². The van der Waals surface area contributed by atoms with Crippen LogP contribution in [0, 0.1) is 30.1 Å². The van der Waals surface area contributed by atoms with Gasteiger partial charge >= 0.3 is 5.97 Å². The molecule has 1 aromatic rings. The van der Waals surface area contributed by atoms with E-state index in [0.29, 0.717) is 6.42 Å². The number of ketones is 1. The number of hydrogen-bond acceptors (Lipinski definition) is 7. The first-order valence-electron chi connectivity index (χ1n) is 16.0. The van der Waals surface area contributed by atoms with Crippen molar-refractivity contribution in [3.8, 4) is 0 Å². The first kappa shape index (κ1) is 40.2. The molecule has 0 unspecified atom stereocenters. The molecular formula is C36H61NO5SSi. The summed E-state index contributed by atoms with van der Waals surface area (Å²) < 4.78 is 12.9. The van der Waals surface area contributed by atoms with Gasteiger partial charge in [0.05, 0.1) is 29.3 Å². The van der Waals surface area contributed by atoms with Crippen LogP contribution in [0.25, 0.3) is 6.08 Å². The molecule has 0 bridgehead atoms. The summed E-state index contributed by atoms with van der Waals surface area (Å²) in [4.78, 5) is 32.3. The number of hydrogen-bond donors (Lipinski definition) is 1. The normalized spacial score (nSPS) is 17.3. The fraction of sp³-hybridized carbons (Fsp3) is 0.694. The Labute approximate surface area is 273 Å². The Morgan fingerprint density at radius 1 is 1.14 bits per heavy atom. The molecule has 44 heavy (non-hydrogen) atoms. The fourth-order valence-corrected chi connectivity index (χ4v) is 7.03. The predicted octanol–water partition coefficient (Wildman–Crippen LogP) is 9.34. The molecule has 0 aliphatic carbocycles. The summed E-state index contributed by atoms with van der Waals surface area (Å²) in [6, 6.07) is 0. The molecular weight excluding hydrogens is 587 g/mol. The fourth-order valence-electron chi connectivity index (χ4n) is 5.02. The summed E-state index contributed by atoms with van der Waals surface area (Å²) in [6.07, 6.45) is 3.81. The van der Waals surface area contributed by atoms with Crippen molar-refractivity contribution < 1.29 is 23.9 Å². The summed E-state index contributed by atoms with van der Waals surface area (Å²) in [5.41, 5.74) is 1.76. The number of Topliss-reactive ketones (excluding diaryl/α,β-unsaturated/α-hetero) is 1. The number of aryl methyl sites for hydroxylation is 1. The molecule has 1 heterocycles. The van der Waals surface area contributed by atoms with Gasteiger partial charge in [0.15, 0.2) is 8.32 Å². The van der Waals surface area contributed by atoms with E-state index in [1.165, 1.54) is 0 Å². The zero-order valence-electron chi connectivity index (χ0n) is 29.9. The maximum Gasteiger partial charge on any atom is 0.309 e. The standard InChI is InChI=1S/C36H61NO5SSi/c1-16-17-30(25(5)20-29-22-43-28(8)37-29)41-32(38)21-31(42-44(14,15)35(9,10)11)36(12,13)34(40)27(7)33(39)26(6)24(4)19-18-23(2)3/h16,20,22,24,26-27,30-31,33,39H,1-2,17-19,21H2,3-15H3/b25-20+/t24-,26+,27-,30+,31+,33+/m1/s1. The summed E-state index contributed by atoms with van der Waals surface area (Å²) in [6.45, 7) is 34.0. The van der Waals surface area contributed by atoms with Crippen molar-refractivity contribution in [2.45, 2.75) is 138 Å². The molecule has 0 aromatic carbocycles. The largest absolute Gasteiger partial charge is 0.457 e. The van der Waals surface area contributed by atoms with Gasteiger partial charge in [-0.05, 0) is 75.2 Å². The Kier molecular flexibility index (Phi) is 15.2. The lowest BCUT2D eigenvalue weighted by Crippen LogP contribution is -2.53. The average molecular weight is 648 g/mol. The molecule has 1 rings (SSSR count). The topological polar surface area (TPSA) is 85.7 Å². The van der Waals surface area contributed by atoms with E-state index < -0.39 is 43.9 Å². The second-order valence-corrected chi connectivity index (χ2v) is 20.8. The van der Waals surface area contributed by atoms with Crippen LogP contribution in [0.3, 0.4) is 0 Å². The first-order chi connectivity index (χ1) is 20.0. The van der Waals surface area contributed by atoms with Gasteiger partial charge in [0.1, 0.15) is 11.9 Å². The number of esters is 1. The monoisotopic (exact) mass is 647 g/mol. The van der Waals surface area contributed by atoms with Crippen LogP contribution in [0.5, 0.6) is 0 Å². The van der Waals surface area contributed by atoms with E-state index in [4.69, 9.17) is 9.16 Å². The van der Waals surface area contributed by atoms with Crippen LogP contribution in [0.4, 0.5) is 0 Å². The van der Waals surface area contributed by atoms with Gasteiger partial charge in [0.25, 0.3) is 0 Å². The molecule has 0 saturated carbocycles. The molecule has 0 saturated heterocycles. The first-order valence-corrected chi connectivity index (χ1v) is 19.8.